The molecule has 3 aromatic rings. The van der Waals surface area contributed by atoms with Crippen molar-refractivity contribution in [1.29, 1.82) is 0 Å². The summed E-state index contributed by atoms with van der Waals surface area (Å²) in [6.07, 6.45) is 5.96. The van der Waals surface area contributed by atoms with Gasteiger partial charge in [0.1, 0.15) is 0 Å². The van der Waals surface area contributed by atoms with Crippen LogP contribution < -0.4 is 45.3 Å². The van der Waals surface area contributed by atoms with Gasteiger partial charge in [0.2, 0.25) is 11.8 Å². The molecule has 0 radical (unpaired) electrons. The fourth-order valence-corrected chi connectivity index (χ4v) is 8.34. The first-order valence-corrected chi connectivity index (χ1v) is 14.8. The van der Waals surface area contributed by atoms with Crippen molar-refractivity contribution < 1.29 is 49.0 Å². The van der Waals surface area contributed by atoms with Gasteiger partial charge in [-0.25, -0.2) is 0 Å². The average Bonchev–Trinajstić information content (AvgIpc) is 2.98. The Morgan fingerprint density at radius 3 is 1.74 bits per heavy atom. The zero-order valence-electron chi connectivity index (χ0n) is 24.3. The van der Waals surface area contributed by atoms with Gasteiger partial charge >= 0.3 is 29.6 Å². The van der Waals surface area contributed by atoms with Crippen LogP contribution in [0.1, 0.15) is 77.9 Å². The van der Waals surface area contributed by atoms with Crippen LogP contribution in [0, 0.1) is 22.7 Å². The van der Waals surface area contributed by atoms with Crippen molar-refractivity contribution in [2.24, 2.45) is 22.7 Å². The second kappa shape index (κ2) is 12.7. The van der Waals surface area contributed by atoms with Crippen molar-refractivity contribution in [1.82, 2.24) is 10.6 Å². The van der Waals surface area contributed by atoms with Gasteiger partial charge in [0.05, 0.1) is 16.8 Å². The second-order valence-corrected chi connectivity index (χ2v) is 12.6. The van der Waals surface area contributed by atoms with E-state index in [4.69, 9.17) is 0 Å². The van der Waals surface area contributed by atoms with Gasteiger partial charge in [0.25, 0.3) is 0 Å². The molecule has 2 N–H and O–H groups in total. The van der Waals surface area contributed by atoms with Crippen LogP contribution in [-0.4, -0.2) is 24.3 Å². The maximum Gasteiger partial charge on any atom is 1.00 e. The molecule has 4 fully saturated rings. The molecule has 4 aliphatic carbocycles. The third-order valence-corrected chi connectivity index (χ3v) is 9.79. The number of carboxylic acids is 1. The van der Waals surface area contributed by atoms with E-state index < -0.39 is 16.8 Å². The molecule has 2 amide bonds. The summed E-state index contributed by atoms with van der Waals surface area (Å²) in [6, 6.07) is 27.3. The number of benzene rings is 3. The maximum absolute atomic E-state index is 13.9. The molecule has 4 bridgehead atoms. The summed E-state index contributed by atoms with van der Waals surface area (Å²) < 4.78 is 0. The zero-order valence-corrected chi connectivity index (χ0v) is 26.3. The van der Waals surface area contributed by atoms with E-state index in [1.807, 2.05) is 12.1 Å². The Morgan fingerprint density at radius 1 is 0.738 bits per heavy atom. The van der Waals surface area contributed by atoms with E-state index in [1.54, 1.807) is 12.1 Å². The van der Waals surface area contributed by atoms with Gasteiger partial charge in [-0.2, -0.15) is 0 Å². The van der Waals surface area contributed by atoms with E-state index in [2.05, 4.69) is 59.2 Å². The van der Waals surface area contributed by atoms with Gasteiger partial charge in [-0.15, -0.1) is 0 Å². The number of amides is 2. The third-order valence-electron chi connectivity index (χ3n) is 9.79. The van der Waals surface area contributed by atoms with Crippen LogP contribution in [0.3, 0.4) is 0 Å². The summed E-state index contributed by atoms with van der Waals surface area (Å²) in [5.41, 5.74) is 2.45. The van der Waals surface area contributed by atoms with Crippen LogP contribution in [0.15, 0.2) is 84.9 Å². The average molecular weight is 573 g/mol. The normalized spacial score (nSPS) is 25.5. The molecule has 4 aliphatic rings. The zero-order chi connectivity index (χ0) is 28.5. The summed E-state index contributed by atoms with van der Waals surface area (Å²) in [5, 5.41) is 17.5. The summed E-state index contributed by atoms with van der Waals surface area (Å²) in [4.78, 5) is 38.6. The molecule has 42 heavy (non-hydrogen) atoms. The number of nitrogens with one attached hydrogen (secondary N) is 2. The van der Waals surface area contributed by atoms with E-state index >= 15 is 0 Å². The predicted octanol–water partition coefficient (Wildman–Crippen LogP) is 1.60. The summed E-state index contributed by atoms with van der Waals surface area (Å²) in [7, 11) is 0. The van der Waals surface area contributed by atoms with Crippen molar-refractivity contribution in [2.75, 3.05) is 6.54 Å². The second-order valence-electron chi connectivity index (χ2n) is 12.6. The Bertz CT molecular complexity index is 1360. The topological polar surface area (TPSA) is 98.3 Å². The minimum absolute atomic E-state index is 0. The molecule has 0 heterocycles. The monoisotopic (exact) mass is 572 g/mol. The first-order chi connectivity index (χ1) is 19.9. The van der Waals surface area contributed by atoms with Crippen molar-refractivity contribution in [3.8, 4) is 0 Å². The number of aromatic carboxylic acids is 1. The molecule has 7 rings (SSSR count). The number of hydrogen-bond acceptors (Lipinski definition) is 4. The fraction of sp³-hybridized carbons (Fsp3) is 0.400. The molecular weight excluding hydrogens is 535 g/mol. The maximum atomic E-state index is 13.9. The summed E-state index contributed by atoms with van der Waals surface area (Å²) in [5.74, 6) is -0.0733. The van der Waals surface area contributed by atoms with Crippen LogP contribution >= 0.6 is 0 Å². The van der Waals surface area contributed by atoms with Crippen molar-refractivity contribution in [3.05, 3.63) is 107 Å². The Hall–Kier alpha value is -2.93. The number of carbonyl (C=O) groups excluding carboxylic acids is 3. The third kappa shape index (κ3) is 6.22. The molecule has 0 aliphatic heterocycles. The van der Waals surface area contributed by atoms with E-state index in [-0.39, 0.29) is 52.9 Å². The molecule has 0 spiro atoms. The van der Waals surface area contributed by atoms with E-state index in [9.17, 15) is 19.5 Å². The van der Waals surface area contributed by atoms with Crippen LogP contribution in [0.5, 0.6) is 0 Å². The minimum atomic E-state index is -1.21. The molecule has 3 aromatic carbocycles. The van der Waals surface area contributed by atoms with Crippen LogP contribution in [0.25, 0.3) is 0 Å². The van der Waals surface area contributed by atoms with Crippen LogP contribution in [0.4, 0.5) is 0 Å². The van der Waals surface area contributed by atoms with E-state index in [1.165, 1.54) is 23.3 Å². The Morgan fingerprint density at radius 2 is 1.24 bits per heavy atom. The molecule has 7 heteroatoms. The van der Waals surface area contributed by atoms with Crippen molar-refractivity contribution >= 4 is 17.8 Å². The molecular formula is C35H37N2NaO4. The van der Waals surface area contributed by atoms with Gasteiger partial charge in [0, 0.05) is 19.0 Å². The van der Waals surface area contributed by atoms with Crippen molar-refractivity contribution in [3.63, 3.8) is 0 Å². The number of carbonyl (C=O) groups is 3. The summed E-state index contributed by atoms with van der Waals surface area (Å²) >= 11 is 0. The van der Waals surface area contributed by atoms with Gasteiger partial charge in [-0.3, -0.25) is 9.59 Å². The molecule has 4 saturated carbocycles. The van der Waals surface area contributed by atoms with Gasteiger partial charge in [-0.05, 0) is 79.0 Å². The molecule has 6 nitrogen and oxygen atoms in total. The fourth-order valence-electron chi connectivity index (χ4n) is 8.34. The Kier molecular flexibility index (Phi) is 9.26. The number of rotatable bonds is 10. The Balaban J connectivity index is 0.00000353. The van der Waals surface area contributed by atoms with E-state index in [0.29, 0.717) is 31.3 Å². The molecule has 0 saturated heterocycles. The minimum Gasteiger partial charge on any atom is -0.545 e. The number of carboxylic acid groups (broad SMARTS) is 1. The number of hydrogen-bond donors (Lipinski definition) is 2. The van der Waals surface area contributed by atoms with Crippen LogP contribution in [0.2, 0.25) is 0 Å². The largest absolute Gasteiger partial charge is 1.00 e. The van der Waals surface area contributed by atoms with Crippen molar-refractivity contribution in [2.45, 2.75) is 57.4 Å². The standard InChI is InChI=1S/C35H38N2O4.Na/c38-31(39)29-13-11-24(12-14-29)22-37-33(41)35-20-25-17-26(21-35)19-34(18-25,23-35)32(40)36-16-15-30(27-7-3-1-4-8-27)28-9-5-2-6-10-28;/h1-14,25-26,30H,15-23H2,(H,36,40)(H,37,41)(H,38,39);/q;+1/p-1. The molecule has 0 aromatic heterocycles. The quantitative estimate of drug-likeness (QED) is 0.361. The van der Waals surface area contributed by atoms with E-state index in [0.717, 1.165) is 44.1 Å². The van der Waals surface area contributed by atoms with Gasteiger partial charge in [0.15, 0.2) is 0 Å². The predicted molar refractivity (Wildman–Crippen MR) is 155 cm³/mol. The SMILES string of the molecule is O=C([O-])c1ccc(CNC(=O)C23CC4CC(CC(C(=O)NCCC(c5ccccc5)c5ccccc5)(C4)C2)C3)cc1.[Na+]. The van der Waals surface area contributed by atoms with Crippen LogP contribution in [-0.2, 0) is 16.1 Å². The van der Waals surface area contributed by atoms with Gasteiger partial charge in [-0.1, -0.05) is 84.9 Å². The molecule has 212 valence electrons. The smallest absolute Gasteiger partial charge is 0.545 e. The first kappa shape index (κ1) is 30.5. The molecule has 2 unspecified atom stereocenters. The molecule has 2 atom stereocenters. The Labute approximate surface area is 270 Å². The first-order valence-electron chi connectivity index (χ1n) is 14.8. The van der Waals surface area contributed by atoms with Gasteiger partial charge < -0.3 is 20.5 Å². The summed E-state index contributed by atoms with van der Waals surface area (Å²) in [6.45, 7) is 0.925.